The fraction of sp³-hybridized carbons (Fsp3) is 0.444. The molecule has 4 rings (SSSR count). The normalized spacial score (nSPS) is 17.9. The predicted octanol–water partition coefficient (Wildman–Crippen LogP) is 4.26. The average Bonchev–Trinajstić information content (AvgIpc) is 3.39. The van der Waals surface area contributed by atoms with Crippen molar-refractivity contribution in [2.45, 2.75) is 45.1 Å². The van der Waals surface area contributed by atoms with Gasteiger partial charge >= 0.3 is 12.1 Å². The van der Waals surface area contributed by atoms with Crippen LogP contribution in [0, 0.1) is 11.8 Å². The number of likely N-dealkylation sites (tertiary alicyclic amines) is 1. The monoisotopic (exact) mass is 464 g/mol. The van der Waals surface area contributed by atoms with Crippen molar-refractivity contribution in [3.05, 3.63) is 59.7 Å². The fourth-order valence-electron chi connectivity index (χ4n) is 5.03. The van der Waals surface area contributed by atoms with Crippen LogP contribution in [0.25, 0.3) is 11.1 Å². The van der Waals surface area contributed by atoms with Crippen molar-refractivity contribution in [2.75, 3.05) is 19.7 Å². The van der Waals surface area contributed by atoms with Gasteiger partial charge in [-0.3, -0.25) is 9.59 Å². The Hall–Kier alpha value is -3.35. The standard InChI is InChI=1S/C27H32N2O5/c1-17(2)24(14-25(30)29-12-11-18(15-29)13-26(31)32)28-27(33)34-16-23-21-9-5-3-7-19(21)20-8-4-6-10-22(20)23/h3-10,17-18,23-24H,11-16H2,1-2H3,(H,28,33)(H,31,32). The number of fused-ring (bicyclic) bond motifs is 3. The Balaban J connectivity index is 1.33. The van der Waals surface area contributed by atoms with Gasteiger partial charge in [0, 0.05) is 37.9 Å². The molecule has 2 aliphatic rings. The van der Waals surface area contributed by atoms with Crippen LogP contribution >= 0.6 is 0 Å². The van der Waals surface area contributed by atoms with E-state index in [-0.39, 0.29) is 49.2 Å². The van der Waals surface area contributed by atoms with Gasteiger partial charge in [-0.25, -0.2) is 4.79 Å². The number of carbonyl (C=O) groups excluding carboxylic acids is 2. The number of carboxylic acid groups (broad SMARTS) is 1. The molecule has 0 saturated carbocycles. The van der Waals surface area contributed by atoms with Crippen LogP contribution in [0.3, 0.4) is 0 Å². The third-order valence-electron chi connectivity index (χ3n) is 6.95. The Bertz CT molecular complexity index is 1020. The molecule has 2 amide bonds. The van der Waals surface area contributed by atoms with Crippen LogP contribution in [0.1, 0.15) is 50.2 Å². The van der Waals surface area contributed by atoms with Crippen molar-refractivity contribution < 1.29 is 24.2 Å². The fourth-order valence-corrected chi connectivity index (χ4v) is 5.03. The van der Waals surface area contributed by atoms with Gasteiger partial charge in [-0.15, -0.1) is 0 Å². The maximum absolute atomic E-state index is 12.8. The van der Waals surface area contributed by atoms with Crippen LogP contribution in [0.2, 0.25) is 0 Å². The van der Waals surface area contributed by atoms with E-state index in [0.29, 0.717) is 19.5 Å². The number of nitrogens with one attached hydrogen (secondary N) is 1. The highest BCUT2D eigenvalue weighted by Gasteiger charge is 2.32. The molecule has 1 fully saturated rings. The first kappa shape index (κ1) is 23.8. The van der Waals surface area contributed by atoms with Crippen LogP contribution in [0.15, 0.2) is 48.5 Å². The molecule has 180 valence electrons. The maximum atomic E-state index is 12.8. The lowest BCUT2D eigenvalue weighted by molar-refractivity contribution is -0.138. The minimum Gasteiger partial charge on any atom is -0.481 e. The molecule has 0 bridgehead atoms. The van der Waals surface area contributed by atoms with Gasteiger partial charge in [0.25, 0.3) is 0 Å². The topological polar surface area (TPSA) is 95.9 Å². The van der Waals surface area contributed by atoms with E-state index in [1.165, 1.54) is 11.1 Å². The van der Waals surface area contributed by atoms with E-state index in [1.807, 2.05) is 38.1 Å². The summed E-state index contributed by atoms with van der Waals surface area (Å²) in [4.78, 5) is 38.2. The lowest BCUT2D eigenvalue weighted by Crippen LogP contribution is -2.43. The molecule has 2 atom stereocenters. The average molecular weight is 465 g/mol. The second kappa shape index (κ2) is 10.3. The highest BCUT2D eigenvalue weighted by Crippen LogP contribution is 2.44. The van der Waals surface area contributed by atoms with Crippen LogP contribution in [0.4, 0.5) is 4.79 Å². The first-order chi connectivity index (χ1) is 16.3. The Kier molecular flexibility index (Phi) is 7.20. The zero-order valence-corrected chi connectivity index (χ0v) is 19.7. The summed E-state index contributed by atoms with van der Waals surface area (Å²) in [6.45, 7) is 5.16. The van der Waals surface area contributed by atoms with Gasteiger partial charge in [0.15, 0.2) is 0 Å². The molecule has 2 unspecified atom stereocenters. The largest absolute Gasteiger partial charge is 0.481 e. The van der Waals surface area contributed by atoms with Crippen LogP contribution < -0.4 is 5.32 Å². The van der Waals surface area contributed by atoms with Gasteiger partial charge in [-0.1, -0.05) is 62.4 Å². The quantitative estimate of drug-likeness (QED) is 0.609. The van der Waals surface area contributed by atoms with Crippen molar-refractivity contribution in [1.82, 2.24) is 10.2 Å². The van der Waals surface area contributed by atoms with E-state index in [2.05, 4.69) is 29.6 Å². The molecule has 1 aliphatic heterocycles. The summed E-state index contributed by atoms with van der Waals surface area (Å²) < 4.78 is 5.65. The SMILES string of the molecule is CC(C)C(CC(=O)N1CCC(CC(=O)O)C1)NC(=O)OCC1c2ccccc2-c2ccccc21. The predicted molar refractivity (Wildman–Crippen MR) is 128 cm³/mol. The summed E-state index contributed by atoms with van der Waals surface area (Å²) in [6.07, 6.45) is 0.417. The number of nitrogens with zero attached hydrogens (tertiary/aromatic N) is 1. The number of carbonyl (C=O) groups is 3. The zero-order valence-electron chi connectivity index (χ0n) is 19.7. The Labute approximate surface area is 200 Å². The van der Waals surface area contributed by atoms with Crippen LogP contribution in [0.5, 0.6) is 0 Å². The van der Waals surface area contributed by atoms with Gasteiger partial charge in [-0.2, -0.15) is 0 Å². The second-order valence-electron chi connectivity index (χ2n) is 9.62. The van der Waals surface area contributed by atoms with Gasteiger partial charge in [0.05, 0.1) is 0 Å². The van der Waals surface area contributed by atoms with Crippen LogP contribution in [-0.4, -0.2) is 53.7 Å². The van der Waals surface area contributed by atoms with Gasteiger partial charge < -0.3 is 20.1 Å². The maximum Gasteiger partial charge on any atom is 0.407 e. The molecule has 1 saturated heterocycles. The number of ether oxygens (including phenoxy) is 1. The van der Waals surface area contributed by atoms with E-state index in [4.69, 9.17) is 9.84 Å². The summed E-state index contributed by atoms with van der Waals surface area (Å²) in [5.74, 6) is -0.884. The van der Waals surface area contributed by atoms with Gasteiger partial charge in [0.1, 0.15) is 6.61 Å². The second-order valence-corrected chi connectivity index (χ2v) is 9.62. The number of benzene rings is 2. The van der Waals surface area contributed by atoms with Crippen LogP contribution in [-0.2, 0) is 14.3 Å². The highest BCUT2D eigenvalue weighted by molar-refractivity contribution is 5.80. The summed E-state index contributed by atoms with van der Waals surface area (Å²) in [5, 5.41) is 11.9. The lowest BCUT2D eigenvalue weighted by atomic mass is 9.98. The molecule has 2 N–H and O–H groups in total. The first-order valence-corrected chi connectivity index (χ1v) is 11.9. The van der Waals surface area contributed by atoms with E-state index < -0.39 is 12.1 Å². The summed E-state index contributed by atoms with van der Waals surface area (Å²) in [7, 11) is 0. The van der Waals surface area contributed by atoms with Crippen molar-refractivity contribution in [3.63, 3.8) is 0 Å². The minimum atomic E-state index is -0.837. The molecule has 0 spiro atoms. The van der Waals surface area contributed by atoms with Gasteiger partial charge in [0.2, 0.25) is 5.91 Å². The van der Waals surface area contributed by atoms with E-state index in [9.17, 15) is 14.4 Å². The third-order valence-corrected chi connectivity index (χ3v) is 6.95. The number of carboxylic acids is 1. The smallest absolute Gasteiger partial charge is 0.407 e. The van der Waals surface area contributed by atoms with Gasteiger partial charge in [-0.05, 0) is 40.5 Å². The molecule has 1 aliphatic carbocycles. The van der Waals surface area contributed by atoms with Crippen molar-refractivity contribution in [3.8, 4) is 11.1 Å². The molecule has 0 aromatic heterocycles. The molecule has 2 aromatic carbocycles. The molecule has 7 heteroatoms. The molecule has 7 nitrogen and oxygen atoms in total. The lowest BCUT2D eigenvalue weighted by Gasteiger charge is -2.25. The Morgan fingerprint density at radius 2 is 1.68 bits per heavy atom. The Morgan fingerprint density at radius 1 is 1.06 bits per heavy atom. The number of aliphatic carboxylic acids is 1. The van der Waals surface area contributed by atoms with Crippen molar-refractivity contribution >= 4 is 18.0 Å². The minimum absolute atomic E-state index is 0.00552. The number of alkyl carbamates (subject to hydrolysis) is 1. The third kappa shape index (κ3) is 5.24. The van der Waals surface area contributed by atoms with E-state index in [0.717, 1.165) is 11.1 Å². The summed E-state index contributed by atoms with van der Waals surface area (Å²) in [5.41, 5.74) is 4.64. The number of amides is 2. The summed E-state index contributed by atoms with van der Waals surface area (Å²) in [6, 6.07) is 16.0. The number of hydrogen-bond acceptors (Lipinski definition) is 4. The molecule has 1 heterocycles. The molecule has 2 aromatic rings. The number of rotatable bonds is 8. The number of hydrogen-bond donors (Lipinski definition) is 2. The van der Waals surface area contributed by atoms with Crippen molar-refractivity contribution in [1.29, 1.82) is 0 Å². The molecular weight excluding hydrogens is 432 g/mol. The summed E-state index contributed by atoms with van der Waals surface area (Å²) >= 11 is 0. The molecule has 0 radical (unpaired) electrons. The molecule has 34 heavy (non-hydrogen) atoms. The van der Waals surface area contributed by atoms with E-state index in [1.54, 1.807) is 4.90 Å². The highest BCUT2D eigenvalue weighted by atomic mass is 16.5. The van der Waals surface area contributed by atoms with E-state index >= 15 is 0 Å². The first-order valence-electron chi connectivity index (χ1n) is 11.9. The molecular formula is C27H32N2O5. The zero-order chi connectivity index (χ0) is 24.2. The Morgan fingerprint density at radius 3 is 2.26 bits per heavy atom. The van der Waals surface area contributed by atoms with Crippen molar-refractivity contribution in [2.24, 2.45) is 11.8 Å².